The quantitative estimate of drug-likeness (QED) is 0.574. The highest BCUT2D eigenvalue weighted by Crippen LogP contribution is 2.45. The monoisotopic (exact) mass is 483 g/mol. The van der Waals surface area contributed by atoms with Crippen LogP contribution >= 0.6 is 11.8 Å². The van der Waals surface area contributed by atoms with E-state index >= 15 is 4.39 Å². The molecular weight excluding hydrogens is 464 g/mol. The van der Waals surface area contributed by atoms with Crippen molar-refractivity contribution < 1.29 is 23.4 Å². The van der Waals surface area contributed by atoms with E-state index in [1.54, 1.807) is 11.0 Å². The number of fused-ring (bicyclic) bond motifs is 4. The Hall–Kier alpha value is -3.37. The number of hydrogen-bond acceptors (Lipinski definition) is 6. The number of nitrogens with zero attached hydrogens (tertiary/aromatic N) is 3. The Morgan fingerprint density at radius 3 is 2.74 bits per heavy atom. The Kier molecular flexibility index (Phi) is 4.89. The van der Waals surface area contributed by atoms with Gasteiger partial charge in [0.2, 0.25) is 5.43 Å². The topological polar surface area (TPSA) is 75.0 Å². The third kappa shape index (κ3) is 2.98. The highest BCUT2D eigenvalue weighted by Gasteiger charge is 2.46. The van der Waals surface area contributed by atoms with Crippen molar-refractivity contribution in [1.29, 1.82) is 0 Å². The lowest BCUT2D eigenvalue weighted by Crippen LogP contribution is -2.66. The van der Waals surface area contributed by atoms with Crippen LogP contribution in [0, 0.1) is 11.6 Å². The lowest BCUT2D eigenvalue weighted by molar-refractivity contribution is -0.0197. The molecule has 2 aromatic carbocycles. The van der Waals surface area contributed by atoms with Crippen molar-refractivity contribution in [2.45, 2.75) is 22.9 Å². The molecule has 0 bridgehead atoms. The van der Waals surface area contributed by atoms with Crippen molar-refractivity contribution >= 4 is 17.7 Å². The number of rotatable bonds is 1. The maximum Gasteiger partial charge on any atom is 0.278 e. The van der Waals surface area contributed by atoms with Crippen molar-refractivity contribution in [2.75, 3.05) is 24.8 Å². The van der Waals surface area contributed by atoms with E-state index in [0.29, 0.717) is 12.2 Å². The number of aromatic nitrogens is 1. The van der Waals surface area contributed by atoms with Crippen LogP contribution in [0.2, 0.25) is 0 Å². The van der Waals surface area contributed by atoms with E-state index in [2.05, 4.69) is 0 Å². The van der Waals surface area contributed by atoms with Gasteiger partial charge in [0.1, 0.15) is 6.17 Å². The molecule has 10 heteroatoms. The van der Waals surface area contributed by atoms with Crippen LogP contribution in [-0.4, -0.2) is 46.5 Å². The molecule has 3 aliphatic heterocycles. The molecule has 0 aliphatic carbocycles. The summed E-state index contributed by atoms with van der Waals surface area (Å²) in [5.41, 5.74) is 0.778. The van der Waals surface area contributed by atoms with Crippen LogP contribution in [0.4, 0.5) is 8.78 Å². The summed E-state index contributed by atoms with van der Waals surface area (Å²) in [7, 11) is 0. The molecule has 3 aromatic rings. The maximum atomic E-state index is 15.1. The van der Waals surface area contributed by atoms with Gasteiger partial charge in [0.05, 0.1) is 19.3 Å². The molecule has 0 radical (unpaired) electrons. The number of halogens is 2. The average molecular weight is 483 g/mol. The minimum Gasteiger partial charge on any atom is -0.502 e. The SMILES string of the molecule is O=C1c2c(O)c(=O)ccn2N([C@@H]2c3ccccc3SCc3c2ccc(F)c3F)[C@@H]2COCCN12. The number of ether oxygens (including phenoxy) is 1. The molecule has 174 valence electrons. The van der Waals surface area contributed by atoms with Gasteiger partial charge < -0.3 is 14.7 Å². The Bertz CT molecular complexity index is 1400. The number of carbonyl (C=O) groups is 1. The van der Waals surface area contributed by atoms with Gasteiger partial charge in [-0.25, -0.2) is 8.78 Å². The van der Waals surface area contributed by atoms with Crippen molar-refractivity contribution in [2.24, 2.45) is 0 Å². The Morgan fingerprint density at radius 2 is 1.88 bits per heavy atom. The van der Waals surface area contributed by atoms with Crippen LogP contribution in [0.1, 0.15) is 33.2 Å². The Morgan fingerprint density at radius 1 is 1.06 bits per heavy atom. The van der Waals surface area contributed by atoms with Gasteiger partial charge in [-0.05, 0) is 23.3 Å². The van der Waals surface area contributed by atoms with Crippen molar-refractivity contribution in [3.8, 4) is 5.75 Å². The molecule has 1 amide bonds. The predicted molar refractivity (Wildman–Crippen MR) is 120 cm³/mol. The van der Waals surface area contributed by atoms with E-state index in [9.17, 15) is 19.1 Å². The zero-order chi connectivity index (χ0) is 23.6. The highest BCUT2D eigenvalue weighted by atomic mass is 32.2. The average Bonchev–Trinajstić information content (AvgIpc) is 3.01. The van der Waals surface area contributed by atoms with Gasteiger partial charge in [0, 0.05) is 35.0 Å². The standard InChI is InChI=1S/C24H19F2N3O4S/c25-16-6-5-13-15(20(16)26)12-34-18-4-2-1-3-14(18)21(13)29-19-11-33-10-9-27(19)24(32)22-23(31)17(30)7-8-28(22)29/h1-8,19,21,31H,9-12H2/t19-,21+/m1/s1. The van der Waals surface area contributed by atoms with Gasteiger partial charge in [-0.2, -0.15) is 0 Å². The zero-order valence-electron chi connectivity index (χ0n) is 17.8. The molecule has 0 saturated carbocycles. The second-order valence-corrected chi connectivity index (χ2v) is 9.33. The number of benzene rings is 2. The van der Waals surface area contributed by atoms with Crippen molar-refractivity contribution in [3.63, 3.8) is 0 Å². The summed E-state index contributed by atoms with van der Waals surface area (Å²) >= 11 is 1.41. The molecule has 2 atom stereocenters. The fraction of sp³-hybridized carbons (Fsp3) is 0.250. The summed E-state index contributed by atoms with van der Waals surface area (Å²) in [6.45, 7) is 0.737. The number of carbonyl (C=O) groups excluding carboxylic acids is 1. The molecule has 1 aromatic heterocycles. The highest BCUT2D eigenvalue weighted by molar-refractivity contribution is 7.98. The van der Waals surface area contributed by atoms with Crippen LogP contribution < -0.4 is 10.4 Å². The first-order chi connectivity index (χ1) is 16.5. The minimum atomic E-state index is -0.929. The zero-order valence-corrected chi connectivity index (χ0v) is 18.6. The smallest absolute Gasteiger partial charge is 0.278 e. The van der Waals surface area contributed by atoms with Gasteiger partial charge in [-0.1, -0.05) is 24.3 Å². The fourth-order valence-electron chi connectivity index (χ4n) is 4.98. The first-order valence-electron chi connectivity index (χ1n) is 10.8. The van der Waals surface area contributed by atoms with E-state index in [4.69, 9.17) is 4.74 Å². The third-order valence-electron chi connectivity index (χ3n) is 6.55. The van der Waals surface area contributed by atoms with E-state index in [-0.39, 0.29) is 30.2 Å². The summed E-state index contributed by atoms with van der Waals surface area (Å²) in [6, 6.07) is 10.8. The fourth-order valence-corrected chi connectivity index (χ4v) is 6.10. The normalized spacial score (nSPS) is 21.3. The summed E-state index contributed by atoms with van der Waals surface area (Å²) in [4.78, 5) is 28.0. The number of hydrogen-bond donors (Lipinski definition) is 1. The van der Waals surface area contributed by atoms with Gasteiger partial charge in [-0.15, -0.1) is 11.8 Å². The largest absolute Gasteiger partial charge is 0.502 e. The molecule has 1 fully saturated rings. The molecule has 6 rings (SSSR count). The number of thioether (sulfide) groups is 1. The van der Waals surface area contributed by atoms with Crippen LogP contribution in [0.3, 0.4) is 0 Å². The van der Waals surface area contributed by atoms with E-state index in [1.807, 2.05) is 29.3 Å². The minimum absolute atomic E-state index is 0.163. The second kappa shape index (κ2) is 7.85. The molecule has 3 aliphatic rings. The number of morpholine rings is 1. The van der Waals surface area contributed by atoms with Crippen molar-refractivity contribution in [3.05, 3.63) is 92.9 Å². The van der Waals surface area contributed by atoms with Crippen LogP contribution in [0.25, 0.3) is 0 Å². The summed E-state index contributed by atoms with van der Waals surface area (Å²) in [6.07, 6.45) is 0.833. The second-order valence-electron chi connectivity index (χ2n) is 8.31. The Balaban J connectivity index is 1.67. The van der Waals surface area contributed by atoms with Crippen LogP contribution in [0.15, 0.2) is 58.4 Å². The predicted octanol–water partition coefficient (Wildman–Crippen LogP) is 2.98. The third-order valence-corrected chi connectivity index (χ3v) is 7.67. The van der Waals surface area contributed by atoms with Crippen LogP contribution in [-0.2, 0) is 10.5 Å². The Labute approximate surface area is 197 Å². The molecule has 34 heavy (non-hydrogen) atoms. The van der Waals surface area contributed by atoms with E-state index < -0.39 is 40.9 Å². The molecular formula is C24H19F2N3O4S. The number of aromatic hydroxyl groups is 1. The summed E-state index contributed by atoms with van der Waals surface area (Å²) in [5, 5.41) is 12.4. The van der Waals surface area contributed by atoms with Gasteiger partial charge in [0.25, 0.3) is 5.91 Å². The lowest BCUT2D eigenvalue weighted by atomic mass is 9.93. The first-order valence-corrected chi connectivity index (χ1v) is 11.8. The van der Waals surface area contributed by atoms with Crippen molar-refractivity contribution in [1.82, 2.24) is 9.58 Å². The van der Waals surface area contributed by atoms with Gasteiger partial charge >= 0.3 is 0 Å². The summed E-state index contributed by atoms with van der Waals surface area (Å²) in [5.74, 6) is -2.74. The van der Waals surface area contributed by atoms with Crippen LogP contribution in [0.5, 0.6) is 5.75 Å². The van der Waals surface area contributed by atoms with Gasteiger partial charge in [0.15, 0.2) is 23.1 Å². The number of amides is 1. The molecule has 0 spiro atoms. The molecule has 0 unspecified atom stereocenters. The lowest BCUT2D eigenvalue weighted by Gasteiger charge is -2.51. The van der Waals surface area contributed by atoms with E-state index in [0.717, 1.165) is 16.5 Å². The molecule has 1 saturated heterocycles. The van der Waals surface area contributed by atoms with Gasteiger partial charge in [-0.3, -0.25) is 19.3 Å². The summed E-state index contributed by atoms with van der Waals surface area (Å²) < 4.78 is 36.5. The molecule has 7 nitrogen and oxygen atoms in total. The number of pyridine rings is 1. The molecule has 4 heterocycles. The first kappa shape index (κ1) is 21.2. The van der Waals surface area contributed by atoms with E-state index in [1.165, 1.54) is 28.7 Å². The molecule has 1 N–H and O–H groups in total. The maximum absolute atomic E-state index is 15.1.